The molecule has 0 saturated heterocycles. The molecule has 1 aromatic carbocycles. The predicted octanol–water partition coefficient (Wildman–Crippen LogP) is -56.6. The van der Waals surface area contributed by atoms with Crippen LogP contribution in [0.3, 0.4) is 0 Å². The molecule has 1 rings (SSSR count). The summed E-state index contributed by atoms with van der Waals surface area (Å²) in [5.74, 6) is 0. The predicted molar refractivity (Wildman–Crippen MR) is 98.0 cm³/mol. The van der Waals surface area contributed by atoms with Crippen LogP contribution in [0.25, 0.3) is 5.32 Å². The zero-order valence-corrected chi connectivity index (χ0v) is 67.8. The number of hydrogen-bond acceptors (Lipinski definition) is 0. The number of unbranched alkanes of at least 4 members (excludes halogenated alkanes) is 1. The zero-order valence-electron chi connectivity index (χ0n) is 26.9. The molecular formula is C14H24Br3Cl4CoCsI4K2Li5NNa3Rb. The fourth-order valence-electron chi connectivity index (χ4n) is 0.566. The van der Waals surface area contributed by atoms with Gasteiger partial charge in [-0.1, -0.05) is 27.2 Å². The van der Waals surface area contributed by atoms with E-state index in [2.05, 4.69) is 66.1 Å². The molecule has 1 aromatic rings. The fourth-order valence-corrected chi connectivity index (χ4v) is 0.566. The standard InChI is InChI=1S/C6H5.C4H10N.C4H9.3BrH.4ClH.Co.Cs.4HI.2K.5Li.3Na.Rb/c1-2-4-6-5-3-1;1-3-5-4-2;1-3-4-2;;;;;;;;;;;;;;;;;;;;;;;;/h1-5H;3-4H2,1-2H3;1,3-4H2,2H3;7*1H;;;4*1H;;;;;;;;;;;/q3*-1;;;;;;;;+2;+1;;;;;11*+1/p-11. The number of hydrogen-bond donors (Lipinski definition) is 0. The summed E-state index contributed by atoms with van der Waals surface area (Å²) in [6.45, 7) is 11.8. The van der Waals surface area contributed by atoms with Crippen LogP contribution in [-0.2, 0) is 8.26 Å². The van der Waals surface area contributed by atoms with E-state index >= 15 is 0 Å². The second kappa shape index (κ2) is 187. The van der Waals surface area contributed by atoms with Gasteiger partial charge in [-0.25, -0.2) is 0 Å². The van der Waals surface area contributed by atoms with E-state index in [9.17, 15) is 0 Å². The summed E-state index contributed by atoms with van der Waals surface area (Å²) in [4.78, 5) is 0. The van der Waals surface area contributed by atoms with Gasteiger partial charge in [0.15, 0.2) is 0 Å². The third-order valence-corrected chi connectivity index (χ3v) is 1.41. The van der Waals surface area contributed by atoms with Gasteiger partial charge in [0.2, 0.25) is 0 Å². The Balaban J connectivity index is -0.00000000301. The van der Waals surface area contributed by atoms with Gasteiger partial charge in [-0.15, -0.1) is 0 Å². The minimum absolute atomic E-state index is 0. The van der Waals surface area contributed by atoms with Crippen molar-refractivity contribution in [1.82, 2.24) is 0 Å². The van der Waals surface area contributed by atoms with Gasteiger partial charge in [0.25, 0.3) is 0 Å². The normalized spacial score (nSPS) is 3.64. The molecule has 0 heterocycles. The molecule has 0 aliphatic heterocycles. The molecule has 0 amide bonds. The van der Waals surface area contributed by atoms with E-state index in [-0.39, 0.29) is 561 Å². The Kier molecular flexibility index (Phi) is 787. The smallest absolute Gasteiger partial charge is 0.184 e. The molecule has 1 nitrogen and oxygen atoms in total. The Hall–Kier alpha value is 18.3. The quantitative estimate of drug-likeness (QED) is 0.163. The molecule has 0 saturated carbocycles. The number of benzene rings is 1. The zero-order chi connectivity index (χ0) is 14.5. The summed E-state index contributed by atoms with van der Waals surface area (Å²) in [5, 5.41) is 3.97. The van der Waals surface area contributed by atoms with E-state index in [4.69, 9.17) is 0 Å². The molecule has 25 heteroatoms. The van der Waals surface area contributed by atoms with E-state index in [1.165, 1.54) is 14.7 Å². The summed E-state index contributed by atoms with van der Waals surface area (Å²) in [5.41, 5.74) is 0. The Morgan fingerprint density at radius 2 is 0.872 bits per heavy atom. The summed E-state index contributed by atoms with van der Waals surface area (Å²) in [6, 6.07) is 12.5. The molecule has 0 spiro atoms. The molecule has 0 atom stereocenters. The molecule has 0 unspecified atom stereocenters. The van der Waals surface area contributed by atoms with Crippen molar-refractivity contribution < 1.29 is 570 Å². The SMILES string of the molecule is CC[N-]CC.[Br-].[Br-].[Br-].[CH2-]CCC.[Cl-].[Cl-].[Cl-].[Cl-].[Cs+].[I-].[I-].[I][Co][I].[K+].[K+].[Li+].[Li+].[Li+].[Li+].[Li+].[Na+].[Na+].[Na+].[Rb+].[c-]1ccccc1. The van der Waals surface area contributed by atoms with E-state index in [1.54, 1.807) is 0 Å². The minimum atomic E-state index is 0. The van der Waals surface area contributed by atoms with Crippen molar-refractivity contribution in [3.63, 3.8) is 0 Å². The van der Waals surface area contributed by atoms with Crippen LogP contribution >= 0.6 is 40.8 Å². The first-order chi connectivity index (χ1) is 8.74. The van der Waals surface area contributed by atoms with Crippen LogP contribution in [-0.4, -0.2) is 13.1 Å². The molecule has 183 valence electrons. The van der Waals surface area contributed by atoms with Crippen LogP contribution in [0.2, 0.25) is 0 Å². The first-order valence-electron chi connectivity index (χ1n) is 5.92. The number of rotatable bonds is 3. The minimum Gasteiger partial charge on any atom is -0.184 e. The molecule has 0 fully saturated rings. The summed E-state index contributed by atoms with van der Waals surface area (Å²) in [7, 11) is 1.38. The summed E-state index contributed by atoms with van der Waals surface area (Å²) >= 11 is 4.49. The Bertz CT molecular complexity index is 250. The van der Waals surface area contributed by atoms with Crippen molar-refractivity contribution in [3.05, 3.63) is 48.6 Å². The Morgan fingerprint density at radius 3 is 0.897 bits per heavy atom. The first-order valence-corrected chi connectivity index (χ1v) is 12.6. The number of nitrogens with zero attached hydrogens (tertiary/aromatic N) is 1. The third-order valence-electron chi connectivity index (χ3n) is 1.41. The van der Waals surface area contributed by atoms with Crippen molar-refractivity contribution in [1.29, 1.82) is 0 Å². The van der Waals surface area contributed by atoms with E-state index in [0.29, 0.717) is 0 Å². The summed E-state index contributed by atoms with van der Waals surface area (Å²) in [6.07, 6.45) is 2.28. The van der Waals surface area contributed by atoms with Crippen LogP contribution in [0, 0.1) is 13.0 Å². The molecule has 0 radical (unpaired) electrons. The van der Waals surface area contributed by atoms with Crippen LogP contribution in [0.1, 0.15) is 33.6 Å². The van der Waals surface area contributed by atoms with Crippen molar-refractivity contribution in [2.24, 2.45) is 0 Å². The molecule has 0 aliphatic rings. The second-order valence-electron chi connectivity index (χ2n) is 2.83. The first kappa shape index (κ1) is 164. The Labute approximate surface area is 682 Å². The maximum atomic E-state index is 3.97. The van der Waals surface area contributed by atoms with Crippen LogP contribution < -0.4 is 561 Å². The van der Waals surface area contributed by atoms with Gasteiger partial charge < -0.3 is 161 Å². The van der Waals surface area contributed by atoms with Crippen molar-refractivity contribution in [2.45, 2.75) is 33.6 Å². The largest absolute Gasteiger partial charge is 1.00 e. The van der Waals surface area contributed by atoms with Gasteiger partial charge in [0.1, 0.15) is 0 Å². The molecular weight excluding hydrogens is 1530 g/mol. The maximum Gasteiger partial charge on any atom is 1.00 e. The van der Waals surface area contributed by atoms with Gasteiger partial charge >= 0.3 is 462 Å². The Morgan fingerprint density at radius 1 is 0.692 bits per heavy atom. The topological polar surface area (TPSA) is 14.1 Å². The second-order valence-corrected chi connectivity index (χ2v) is 11.6. The maximum absolute atomic E-state index is 3.97. The van der Waals surface area contributed by atoms with Gasteiger partial charge in [-0.3, -0.25) is 0 Å². The fraction of sp³-hybridized carbons (Fsp3) is 0.500. The molecule has 0 aliphatic carbocycles. The van der Waals surface area contributed by atoms with Gasteiger partial charge in [0, 0.05) is 0 Å². The van der Waals surface area contributed by atoms with Crippen molar-refractivity contribution in [3.8, 4) is 0 Å². The van der Waals surface area contributed by atoms with Crippen molar-refractivity contribution in [2.75, 3.05) is 13.1 Å². The molecule has 39 heavy (non-hydrogen) atoms. The van der Waals surface area contributed by atoms with Crippen LogP contribution in [0.4, 0.5) is 0 Å². The third kappa shape index (κ3) is 223. The average molecular weight is 1550 g/mol. The van der Waals surface area contributed by atoms with Gasteiger partial charge in [-0.2, -0.15) is 55.9 Å². The van der Waals surface area contributed by atoms with E-state index < -0.39 is 0 Å². The van der Waals surface area contributed by atoms with Crippen molar-refractivity contribution >= 4 is 40.8 Å². The molecule has 0 aromatic heterocycles. The van der Waals surface area contributed by atoms with Gasteiger partial charge in [0.05, 0.1) is 0 Å². The molecule has 0 N–H and O–H groups in total. The van der Waals surface area contributed by atoms with Gasteiger partial charge in [-0.05, 0) is 0 Å². The van der Waals surface area contributed by atoms with E-state index in [1.807, 2.05) is 44.2 Å². The van der Waals surface area contributed by atoms with Crippen LogP contribution in [0.15, 0.2) is 30.3 Å². The van der Waals surface area contributed by atoms with E-state index in [0.717, 1.165) is 19.5 Å². The van der Waals surface area contributed by atoms with Crippen LogP contribution in [0.5, 0.6) is 0 Å². The monoisotopic (exact) mass is 1550 g/mol. The summed E-state index contributed by atoms with van der Waals surface area (Å²) < 4.78 is 0. The number of halogens is 11. The molecule has 0 bridgehead atoms. The average Bonchev–Trinajstić information content (AvgIpc) is 2.43.